The molecule has 0 atom stereocenters. The predicted octanol–water partition coefficient (Wildman–Crippen LogP) is 3.67. The quantitative estimate of drug-likeness (QED) is 0.905. The van der Waals surface area contributed by atoms with Crippen LogP contribution < -0.4 is 5.32 Å². The molecule has 3 rings (SSSR count). The summed E-state index contributed by atoms with van der Waals surface area (Å²) in [5, 5.41) is 12.2. The molecule has 1 fully saturated rings. The van der Waals surface area contributed by atoms with Crippen LogP contribution in [0, 0.1) is 13.8 Å². The van der Waals surface area contributed by atoms with E-state index in [2.05, 4.69) is 5.32 Å². The van der Waals surface area contributed by atoms with Crippen LogP contribution in [0.2, 0.25) is 0 Å². The number of aryl methyl sites for hydroxylation is 2. The van der Waals surface area contributed by atoms with Crippen LogP contribution in [0.3, 0.4) is 0 Å². The highest BCUT2D eigenvalue weighted by atomic mass is 16.4. The number of rotatable bonds is 4. The van der Waals surface area contributed by atoms with Crippen molar-refractivity contribution in [1.29, 1.82) is 0 Å². The fourth-order valence-corrected chi connectivity index (χ4v) is 2.99. The average Bonchev–Trinajstić information content (AvgIpc) is 3.32. The molecule has 23 heavy (non-hydrogen) atoms. The molecule has 1 saturated carbocycles. The lowest BCUT2D eigenvalue weighted by Gasteiger charge is -2.18. The number of hydrogen-bond donors (Lipinski definition) is 2. The van der Waals surface area contributed by atoms with E-state index >= 15 is 0 Å². The van der Waals surface area contributed by atoms with E-state index in [1.807, 2.05) is 37.3 Å². The maximum absolute atomic E-state index is 12.8. The molecule has 4 nitrogen and oxygen atoms in total. The molecule has 0 aliphatic heterocycles. The van der Waals surface area contributed by atoms with Crippen molar-refractivity contribution in [1.82, 2.24) is 0 Å². The molecule has 0 unspecified atom stereocenters. The molecule has 0 heterocycles. The Balaban J connectivity index is 1.89. The lowest BCUT2D eigenvalue weighted by atomic mass is 9.94. The highest BCUT2D eigenvalue weighted by Gasteiger charge is 2.51. The summed E-state index contributed by atoms with van der Waals surface area (Å²) in [4.78, 5) is 24.0. The van der Waals surface area contributed by atoms with E-state index in [1.165, 1.54) is 0 Å². The Hall–Kier alpha value is -2.62. The van der Waals surface area contributed by atoms with Gasteiger partial charge in [-0.1, -0.05) is 36.4 Å². The lowest BCUT2D eigenvalue weighted by Crippen LogP contribution is -2.28. The Morgan fingerprint density at radius 1 is 1.04 bits per heavy atom. The van der Waals surface area contributed by atoms with Gasteiger partial charge in [-0.15, -0.1) is 0 Å². The molecular weight excluding hydrogens is 290 g/mol. The Kier molecular flexibility index (Phi) is 3.68. The zero-order valence-electron chi connectivity index (χ0n) is 13.2. The minimum absolute atomic E-state index is 0.0630. The second-order valence-electron chi connectivity index (χ2n) is 6.19. The van der Waals surface area contributed by atoms with Gasteiger partial charge in [-0.2, -0.15) is 0 Å². The molecule has 0 saturated heterocycles. The number of anilines is 1. The van der Waals surface area contributed by atoms with Crippen LogP contribution in [-0.2, 0) is 10.2 Å². The lowest BCUT2D eigenvalue weighted by molar-refractivity contribution is -0.118. The van der Waals surface area contributed by atoms with Crippen molar-refractivity contribution in [2.24, 2.45) is 0 Å². The summed E-state index contributed by atoms with van der Waals surface area (Å²) in [6.07, 6.45) is 1.64. The zero-order chi connectivity index (χ0) is 16.6. The van der Waals surface area contributed by atoms with Crippen LogP contribution in [-0.4, -0.2) is 17.0 Å². The molecule has 1 aliphatic rings. The smallest absolute Gasteiger partial charge is 0.336 e. The monoisotopic (exact) mass is 309 g/mol. The summed E-state index contributed by atoms with van der Waals surface area (Å²) in [6.45, 7) is 3.63. The number of aromatic carboxylic acids is 1. The van der Waals surface area contributed by atoms with Crippen molar-refractivity contribution in [2.75, 3.05) is 5.32 Å². The second-order valence-corrected chi connectivity index (χ2v) is 6.19. The molecule has 0 spiro atoms. The molecule has 0 aromatic heterocycles. The van der Waals surface area contributed by atoms with Crippen molar-refractivity contribution >= 4 is 17.6 Å². The van der Waals surface area contributed by atoms with Gasteiger partial charge in [0.2, 0.25) is 5.91 Å². The zero-order valence-corrected chi connectivity index (χ0v) is 13.2. The molecule has 1 aliphatic carbocycles. The first-order chi connectivity index (χ1) is 10.9. The van der Waals surface area contributed by atoms with Gasteiger partial charge in [0.1, 0.15) is 0 Å². The Labute approximate surface area is 135 Å². The number of amides is 1. The SMILES string of the molecule is Cc1cc(C)c(C(=O)O)cc1NC(=O)C1(c2ccccc2)CC1. The standard InChI is InChI=1S/C19H19NO3/c1-12-10-13(2)16(11-15(12)17(21)22)20-18(23)19(8-9-19)14-6-4-3-5-7-14/h3-7,10-11H,8-9H2,1-2H3,(H,20,23)(H,21,22). The highest BCUT2D eigenvalue weighted by molar-refractivity contribution is 6.02. The van der Waals surface area contributed by atoms with Gasteiger partial charge in [0.25, 0.3) is 0 Å². The summed E-state index contributed by atoms with van der Waals surface area (Å²) < 4.78 is 0. The molecule has 118 valence electrons. The number of carbonyl (C=O) groups is 2. The largest absolute Gasteiger partial charge is 0.478 e. The summed E-state index contributed by atoms with van der Waals surface area (Å²) >= 11 is 0. The summed E-state index contributed by atoms with van der Waals surface area (Å²) in [5.74, 6) is -1.05. The summed E-state index contributed by atoms with van der Waals surface area (Å²) in [7, 11) is 0. The van der Waals surface area contributed by atoms with E-state index in [0.717, 1.165) is 24.0 Å². The first kappa shape index (κ1) is 15.3. The van der Waals surface area contributed by atoms with Gasteiger partial charge in [0, 0.05) is 5.69 Å². The van der Waals surface area contributed by atoms with Crippen molar-refractivity contribution < 1.29 is 14.7 Å². The van der Waals surface area contributed by atoms with Crippen LogP contribution in [0.5, 0.6) is 0 Å². The van der Waals surface area contributed by atoms with Crippen LogP contribution in [0.4, 0.5) is 5.69 Å². The number of nitrogens with one attached hydrogen (secondary N) is 1. The van der Waals surface area contributed by atoms with Gasteiger partial charge in [0.15, 0.2) is 0 Å². The van der Waals surface area contributed by atoms with Crippen molar-refractivity contribution in [2.45, 2.75) is 32.1 Å². The van der Waals surface area contributed by atoms with Crippen LogP contribution in [0.15, 0.2) is 42.5 Å². The highest BCUT2D eigenvalue weighted by Crippen LogP contribution is 2.49. The molecule has 2 N–H and O–H groups in total. The third-order valence-electron chi connectivity index (χ3n) is 4.56. The van der Waals surface area contributed by atoms with Gasteiger partial charge < -0.3 is 10.4 Å². The molecule has 0 bridgehead atoms. The molecular formula is C19H19NO3. The van der Waals surface area contributed by atoms with Gasteiger partial charge in [0.05, 0.1) is 11.0 Å². The van der Waals surface area contributed by atoms with Gasteiger partial charge in [-0.25, -0.2) is 4.79 Å². The van der Waals surface area contributed by atoms with E-state index < -0.39 is 11.4 Å². The number of carboxylic acid groups (broad SMARTS) is 1. The minimum Gasteiger partial charge on any atom is -0.478 e. The van der Waals surface area contributed by atoms with E-state index in [0.29, 0.717) is 11.3 Å². The van der Waals surface area contributed by atoms with Gasteiger partial charge in [-0.05, 0) is 49.4 Å². The molecule has 0 radical (unpaired) electrons. The third kappa shape index (κ3) is 2.72. The van der Waals surface area contributed by atoms with E-state index in [-0.39, 0.29) is 11.5 Å². The summed E-state index contributed by atoms with van der Waals surface area (Å²) in [5.41, 5.74) is 2.89. The fraction of sp³-hybridized carbons (Fsp3) is 0.263. The van der Waals surface area contributed by atoms with Crippen LogP contribution >= 0.6 is 0 Å². The van der Waals surface area contributed by atoms with E-state index in [9.17, 15) is 14.7 Å². The number of carboxylic acids is 1. The number of hydrogen-bond acceptors (Lipinski definition) is 2. The van der Waals surface area contributed by atoms with Gasteiger partial charge in [-0.3, -0.25) is 4.79 Å². The maximum atomic E-state index is 12.8. The topological polar surface area (TPSA) is 66.4 Å². The van der Waals surface area contributed by atoms with Crippen LogP contribution in [0.25, 0.3) is 0 Å². The van der Waals surface area contributed by atoms with Crippen molar-refractivity contribution in [3.8, 4) is 0 Å². The van der Waals surface area contributed by atoms with Crippen molar-refractivity contribution in [3.05, 3.63) is 64.7 Å². The minimum atomic E-state index is -0.984. The Bertz CT molecular complexity index is 777. The molecule has 2 aromatic rings. The van der Waals surface area contributed by atoms with Crippen LogP contribution in [0.1, 0.15) is 39.9 Å². The fourth-order valence-electron chi connectivity index (χ4n) is 2.99. The predicted molar refractivity (Wildman–Crippen MR) is 88.9 cm³/mol. The first-order valence-electron chi connectivity index (χ1n) is 7.65. The third-order valence-corrected chi connectivity index (χ3v) is 4.56. The first-order valence-corrected chi connectivity index (χ1v) is 7.65. The van der Waals surface area contributed by atoms with E-state index in [1.54, 1.807) is 19.1 Å². The molecule has 1 amide bonds. The average molecular weight is 309 g/mol. The number of carbonyl (C=O) groups excluding carboxylic acids is 1. The Morgan fingerprint density at radius 2 is 1.70 bits per heavy atom. The second kappa shape index (κ2) is 5.54. The van der Waals surface area contributed by atoms with Gasteiger partial charge >= 0.3 is 5.97 Å². The molecule has 2 aromatic carbocycles. The maximum Gasteiger partial charge on any atom is 0.336 e. The Morgan fingerprint density at radius 3 is 2.26 bits per heavy atom. The summed E-state index contributed by atoms with van der Waals surface area (Å²) in [6, 6.07) is 13.1. The normalized spacial score (nSPS) is 15.0. The number of benzene rings is 2. The van der Waals surface area contributed by atoms with Crippen molar-refractivity contribution in [3.63, 3.8) is 0 Å². The molecule has 4 heteroatoms. The van der Waals surface area contributed by atoms with E-state index in [4.69, 9.17) is 0 Å².